The minimum Gasteiger partial charge on any atom is -0.459 e. The number of thiophene rings is 1. The van der Waals surface area contributed by atoms with E-state index in [9.17, 15) is 9.59 Å². The van der Waals surface area contributed by atoms with E-state index in [4.69, 9.17) is 4.42 Å². The van der Waals surface area contributed by atoms with Crippen LogP contribution < -0.4 is 10.6 Å². The Kier molecular flexibility index (Phi) is 5.81. The fourth-order valence-electron chi connectivity index (χ4n) is 2.47. The molecule has 8 heteroatoms. The first-order chi connectivity index (χ1) is 10.7. The molecule has 0 bridgehead atoms. The lowest BCUT2D eigenvalue weighted by Crippen LogP contribution is -2.38. The van der Waals surface area contributed by atoms with Crippen molar-refractivity contribution < 1.29 is 14.0 Å². The number of anilines is 1. The molecule has 0 saturated carbocycles. The third kappa shape index (κ3) is 3.74. The van der Waals surface area contributed by atoms with E-state index < -0.39 is 0 Å². The van der Waals surface area contributed by atoms with Crippen LogP contribution in [-0.4, -0.2) is 42.9 Å². The van der Waals surface area contributed by atoms with E-state index >= 15 is 0 Å². The Balaban J connectivity index is 0.00000192. The summed E-state index contributed by atoms with van der Waals surface area (Å²) in [5.41, 5.74) is 0.513. The summed E-state index contributed by atoms with van der Waals surface area (Å²) in [6.45, 7) is 1.73. The van der Waals surface area contributed by atoms with Gasteiger partial charge in [-0.15, -0.1) is 23.7 Å². The number of carbonyl (C=O) groups is 2. The summed E-state index contributed by atoms with van der Waals surface area (Å²) in [4.78, 5) is 26.4. The summed E-state index contributed by atoms with van der Waals surface area (Å²) in [5.74, 6) is -0.212. The highest BCUT2D eigenvalue weighted by atomic mass is 35.5. The van der Waals surface area contributed by atoms with Crippen LogP contribution in [0.25, 0.3) is 0 Å². The Bertz CT molecular complexity index is 665. The van der Waals surface area contributed by atoms with E-state index in [1.165, 1.54) is 17.6 Å². The molecule has 0 aromatic carbocycles. The number of hydrogen-bond donors (Lipinski definition) is 2. The molecule has 2 aromatic heterocycles. The number of halogens is 1. The first kappa shape index (κ1) is 17.5. The van der Waals surface area contributed by atoms with Gasteiger partial charge in [0.2, 0.25) is 0 Å². The third-order valence-corrected chi connectivity index (χ3v) is 4.60. The van der Waals surface area contributed by atoms with Crippen LogP contribution in [0.3, 0.4) is 0 Å². The molecule has 1 aliphatic rings. The molecule has 1 saturated heterocycles. The molecule has 0 spiro atoms. The normalized spacial score (nSPS) is 16.7. The van der Waals surface area contributed by atoms with Gasteiger partial charge in [-0.2, -0.15) is 0 Å². The minimum atomic E-state index is -0.355. The predicted octanol–water partition coefficient (Wildman–Crippen LogP) is 2.45. The molecule has 23 heavy (non-hydrogen) atoms. The van der Waals surface area contributed by atoms with E-state index in [2.05, 4.69) is 10.6 Å². The maximum atomic E-state index is 12.6. The maximum absolute atomic E-state index is 12.6. The lowest BCUT2D eigenvalue weighted by Gasteiger charge is -2.23. The van der Waals surface area contributed by atoms with E-state index in [1.54, 1.807) is 35.5 Å². The Morgan fingerprint density at radius 1 is 1.43 bits per heavy atom. The number of amides is 2. The molecule has 124 valence electrons. The van der Waals surface area contributed by atoms with Gasteiger partial charge in [0.1, 0.15) is 5.00 Å². The highest BCUT2D eigenvalue weighted by Gasteiger charge is 2.26. The molecule has 2 N–H and O–H groups in total. The number of likely N-dealkylation sites (N-methyl/N-ethyl adjacent to an activating group) is 1. The topological polar surface area (TPSA) is 74.6 Å². The Morgan fingerprint density at radius 2 is 2.26 bits per heavy atom. The van der Waals surface area contributed by atoms with Crippen molar-refractivity contribution in [1.29, 1.82) is 0 Å². The van der Waals surface area contributed by atoms with Gasteiger partial charge in [-0.3, -0.25) is 9.59 Å². The molecule has 1 aliphatic heterocycles. The number of rotatable bonds is 4. The summed E-state index contributed by atoms with van der Waals surface area (Å²) >= 11 is 1.33. The lowest BCUT2D eigenvalue weighted by molar-refractivity contribution is 0.0745. The highest BCUT2D eigenvalue weighted by molar-refractivity contribution is 7.14. The van der Waals surface area contributed by atoms with Crippen molar-refractivity contribution in [3.63, 3.8) is 0 Å². The number of nitrogens with zero attached hydrogens (tertiary/aromatic N) is 1. The van der Waals surface area contributed by atoms with E-state index in [-0.39, 0.29) is 36.0 Å². The molecule has 6 nitrogen and oxygen atoms in total. The number of hydrogen-bond acceptors (Lipinski definition) is 5. The Morgan fingerprint density at radius 3 is 2.91 bits per heavy atom. The molecule has 2 amide bonds. The van der Waals surface area contributed by atoms with Gasteiger partial charge in [0.25, 0.3) is 11.8 Å². The van der Waals surface area contributed by atoms with Crippen molar-refractivity contribution in [2.45, 2.75) is 12.5 Å². The molecule has 1 fully saturated rings. The number of carbonyl (C=O) groups excluding carboxylic acids is 2. The fraction of sp³-hybridized carbons (Fsp3) is 0.333. The second-order valence-corrected chi connectivity index (χ2v) is 6.07. The zero-order chi connectivity index (χ0) is 15.5. The van der Waals surface area contributed by atoms with Gasteiger partial charge in [-0.1, -0.05) is 0 Å². The van der Waals surface area contributed by atoms with Crippen LogP contribution in [0.4, 0.5) is 5.00 Å². The number of nitrogens with one attached hydrogen (secondary N) is 2. The van der Waals surface area contributed by atoms with Crippen LogP contribution in [0.5, 0.6) is 0 Å². The minimum absolute atomic E-state index is 0. The number of furan rings is 1. The average Bonchev–Trinajstić information content (AvgIpc) is 3.25. The van der Waals surface area contributed by atoms with E-state index in [1.807, 2.05) is 0 Å². The lowest BCUT2D eigenvalue weighted by atomic mass is 10.2. The molecule has 1 atom stereocenters. The standard InChI is InChI=1S/C15H17N3O3S.ClH/c1-18(10-4-6-16-9-10)15(20)11-5-8-22-14(11)17-13(19)12-3-2-7-21-12;/h2-3,5,7-8,10,16H,4,6,9H2,1H3,(H,17,19);1H. The molecular weight excluding hydrogens is 338 g/mol. The molecule has 1 unspecified atom stereocenters. The quantitative estimate of drug-likeness (QED) is 0.883. The highest BCUT2D eigenvalue weighted by Crippen LogP contribution is 2.26. The fourth-order valence-corrected chi connectivity index (χ4v) is 3.25. The van der Waals surface area contributed by atoms with Gasteiger partial charge in [0.05, 0.1) is 11.8 Å². The zero-order valence-electron chi connectivity index (χ0n) is 12.6. The zero-order valence-corrected chi connectivity index (χ0v) is 14.2. The molecule has 2 aromatic rings. The molecular formula is C15H18ClN3O3S. The van der Waals surface area contributed by atoms with Gasteiger partial charge in [0, 0.05) is 19.6 Å². The van der Waals surface area contributed by atoms with E-state index in [0.29, 0.717) is 10.6 Å². The Hall–Kier alpha value is -1.83. The van der Waals surface area contributed by atoms with Crippen LogP contribution in [0.2, 0.25) is 0 Å². The second-order valence-electron chi connectivity index (χ2n) is 5.16. The SMILES string of the molecule is CN(C(=O)c1ccsc1NC(=O)c1ccco1)C1CCNC1.Cl. The van der Waals surface area contributed by atoms with Crippen LogP contribution in [0, 0.1) is 0 Å². The smallest absolute Gasteiger partial charge is 0.291 e. The summed E-state index contributed by atoms with van der Waals surface area (Å²) in [5, 5.41) is 8.33. The monoisotopic (exact) mass is 355 g/mol. The van der Waals surface area contributed by atoms with Gasteiger partial charge in [0.15, 0.2) is 5.76 Å². The van der Waals surface area contributed by atoms with Gasteiger partial charge >= 0.3 is 0 Å². The van der Waals surface area contributed by atoms with Crippen LogP contribution in [0.15, 0.2) is 34.3 Å². The molecule has 3 rings (SSSR count). The van der Waals surface area contributed by atoms with Crippen molar-refractivity contribution >= 4 is 40.6 Å². The van der Waals surface area contributed by atoms with Gasteiger partial charge in [-0.25, -0.2) is 0 Å². The average molecular weight is 356 g/mol. The van der Waals surface area contributed by atoms with Crippen LogP contribution >= 0.6 is 23.7 Å². The predicted molar refractivity (Wildman–Crippen MR) is 91.6 cm³/mol. The summed E-state index contributed by atoms with van der Waals surface area (Å²) in [7, 11) is 1.80. The third-order valence-electron chi connectivity index (χ3n) is 3.77. The van der Waals surface area contributed by atoms with Crippen LogP contribution in [0.1, 0.15) is 27.3 Å². The van der Waals surface area contributed by atoms with Crippen molar-refractivity contribution in [1.82, 2.24) is 10.2 Å². The second kappa shape index (κ2) is 7.63. The van der Waals surface area contributed by atoms with Crippen molar-refractivity contribution in [3.8, 4) is 0 Å². The summed E-state index contributed by atoms with van der Waals surface area (Å²) in [6.07, 6.45) is 2.39. The largest absolute Gasteiger partial charge is 0.459 e. The summed E-state index contributed by atoms with van der Waals surface area (Å²) < 4.78 is 5.06. The molecule has 0 aliphatic carbocycles. The molecule has 3 heterocycles. The molecule has 0 radical (unpaired) electrons. The van der Waals surface area contributed by atoms with Gasteiger partial charge in [-0.05, 0) is 36.5 Å². The van der Waals surface area contributed by atoms with E-state index in [0.717, 1.165) is 19.5 Å². The van der Waals surface area contributed by atoms with Gasteiger partial charge < -0.3 is 20.0 Å². The summed E-state index contributed by atoms with van der Waals surface area (Å²) in [6, 6.07) is 5.17. The van der Waals surface area contributed by atoms with Crippen molar-refractivity contribution in [2.24, 2.45) is 0 Å². The van der Waals surface area contributed by atoms with Crippen molar-refractivity contribution in [3.05, 3.63) is 41.2 Å². The maximum Gasteiger partial charge on any atom is 0.291 e. The van der Waals surface area contributed by atoms with Crippen molar-refractivity contribution in [2.75, 3.05) is 25.5 Å². The first-order valence-corrected chi connectivity index (χ1v) is 7.95. The van der Waals surface area contributed by atoms with Crippen LogP contribution in [-0.2, 0) is 0 Å². The Labute approximate surface area is 144 Å². The first-order valence-electron chi connectivity index (χ1n) is 7.07.